The Kier molecular flexibility index (Phi) is 3.96. The van der Waals surface area contributed by atoms with Crippen molar-refractivity contribution in [3.05, 3.63) is 11.5 Å². The zero-order valence-electron chi connectivity index (χ0n) is 10.2. The maximum absolute atomic E-state index is 11.6. The number of hydrogen-bond donors (Lipinski definition) is 0. The van der Waals surface area contributed by atoms with Gasteiger partial charge in [0.05, 0.1) is 5.38 Å². The molecule has 0 aliphatic carbocycles. The Morgan fingerprint density at radius 1 is 1.47 bits per heavy atom. The van der Waals surface area contributed by atoms with E-state index in [1.807, 2.05) is 0 Å². The summed E-state index contributed by atoms with van der Waals surface area (Å²) in [6, 6.07) is 0. The molecule has 0 fully saturated rings. The van der Waals surface area contributed by atoms with Crippen molar-refractivity contribution in [2.75, 3.05) is 13.1 Å². The smallest absolute Gasteiger partial charge is 0.414 e. The van der Waals surface area contributed by atoms with Crippen molar-refractivity contribution in [3.8, 4) is 0 Å². The molecule has 1 amide bonds. The molecule has 0 aromatic carbocycles. The molecule has 0 saturated carbocycles. The first-order chi connectivity index (χ1) is 6.95. The lowest BCUT2D eigenvalue weighted by Gasteiger charge is -2.30. The molecule has 1 rings (SSSR count). The minimum atomic E-state index is -1.47. The summed E-state index contributed by atoms with van der Waals surface area (Å²) in [5, 5.41) is 0.931. The highest BCUT2D eigenvalue weighted by Gasteiger charge is 2.29. The highest BCUT2D eigenvalue weighted by molar-refractivity contribution is 6.82. The molecule has 0 radical (unpaired) electrons. The van der Waals surface area contributed by atoms with E-state index in [2.05, 4.69) is 32.6 Å². The topological polar surface area (TPSA) is 29.5 Å². The van der Waals surface area contributed by atoms with E-state index in [0.717, 1.165) is 31.3 Å². The van der Waals surface area contributed by atoms with Crippen molar-refractivity contribution in [2.45, 2.75) is 39.4 Å². The van der Waals surface area contributed by atoms with Gasteiger partial charge in [0.1, 0.15) is 8.07 Å². The Balaban J connectivity index is 2.59. The van der Waals surface area contributed by atoms with Crippen molar-refractivity contribution in [3.63, 3.8) is 0 Å². The number of amides is 1. The van der Waals surface area contributed by atoms with Crippen molar-refractivity contribution in [1.82, 2.24) is 4.90 Å². The molecule has 15 heavy (non-hydrogen) atoms. The molecule has 0 spiro atoms. The Morgan fingerprint density at radius 3 is 2.60 bits per heavy atom. The fourth-order valence-electron chi connectivity index (χ4n) is 1.46. The van der Waals surface area contributed by atoms with E-state index in [0.29, 0.717) is 0 Å². The first-order valence-corrected chi connectivity index (χ1v) is 9.12. The van der Waals surface area contributed by atoms with Crippen molar-refractivity contribution < 1.29 is 9.53 Å². The van der Waals surface area contributed by atoms with Crippen molar-refractivity contribution in [1.29, 1.82) is 0 Å². The summed E-state index contributed by atoms with van der Waals surface area (Å²) in [6.45, 7) is 10.2. The Labute approximate surface area is 93.1 Å². The van der Waals surface area contributed by atoms with Gasteiger partial charge < -0.3 is 9.64 Å². The van der Waals surface area contributed by atoms with Gasteiger partial charge in [-0.3, -0.25) is 0 Å². The van der Waals surface area contributed by atoms with Crippen LogP contribution in [0, 0.1) is 0 Å². The van der Waals surface area contributed by atoms with Crippen LogP contribution in [0.3, 0.4) is 0 Å². The van der Waals surface area contributed by atoms with Gasteiger partial charge in [-0.2, -0.15) is 0 Å². The van der Waals surface area contributed by atoms with Gasteiger partial charge in [0.25, 0.3) is 0 Å². The minimum absolute atomic E-state index is 0.164. The largest absolute Gasteiger partial charge is 0.420 e. The van der Waals surface area contributed by atoms with Crippen LogP contribution in [0.25, 0.3) is 0 Å². The van der Waals surface area contributed by atoms with Gasteiger partial charge in [-0.1, -0.05) is 33.0 Å². The highest BCUT2D eigenvalue weighted by Crippen LogP contribution is 2.20. The number of nitrogens with zero attached hydrogens (tertiary/aromatic N) is 1. The van der Waals surface area contributed by atoms with Gasteiger partial charge in [0.15, 0.2) is 0 Å². The van der Waals surface area contributed by atoms with Gasteiger partial charge in [0.2, 0.25) is 0 Å². The second-order valence-corrected chi connectivity index (χ2v) is 9.98. The number of hydrogen-bond acceptors (Lipinski definition) is 2. The summed E-state index contributed by atoms with van der Waals surface area (Å²) in [5.74, 6) is 0. The number of cyclic esters (lactones) is 1. The van der Waals surface area contributed by atoms with Crippen LogP contribution >= 0.6 is 0 Å². The van der Waals surface area contributed by atoms with E-state index in [1.165, 1.54) is 0 Å². The number of carbonyl (C=O) groups excluding carboxylic acids is 1. The maximum Gasteiger partial charge on any atom is 0.414 e. The van der Waals surface area contributed by atoms with Gasteiger partial charge in [-0.25, -0.2) is 4.79 Å². The zero-order chi connectivity index (χ0) is 11.5. The molecule has 3 nitrogen and oxygen atoms in total. The lowest BCUT2D eigenvalue weighted by Crippen LogP contribution is -2.40. The predicted octanol–water partition coefficient (Wildman–Crippen LogP) is 3.00. The Hall–Kier alpha value is -0.773. The van der Waals surface area contributed by atoms with Gasteiger partial charge >= 0.3 is 6.09 Å². The zero-order valence-corrected chi connectivity index (χ0v) is 11.2. The van der Waals surface area contributed by atoms with Crippen LogP contribution in [-0.2, 0) is 4.74 Å². The average Bonchev–Trinajstić information content (AvgIpc) is 2.14. The molecule has 0 aromatic heterocycles. The monoisotopic (exact) mass is 227 g/mol. The first kappa shape index (κ1) is 12.3. The third-order valence-corrected chi connectivity index (χ3v) is 4.26. The third kappa shape index (κ3) is 3.37. The molecular weight excluding hydrogens is 206 g/mol. The Morgan fingerprint density at radius 2 is 2.13 bits per heavy atom. The number of unbranched alkanes of at least 4 members (excludes halogenated alkanes) is 1. The molecule has 86 valence electrons. The fourth-order valence-corrected chi connectivity index (χ4v) is 2.56. The standard InChI is InChI=1S/C11H21NO2Si/c1-5-6-8-12-9-7-10(14-11(12)13)15(2,3)4/h7H,5-6,8-9H2,1-4H3. The summed E-state index contributed by atoms with van der Waals surface area (Å²) >= 11 is 0. The van der Waals surface area contributed by atoms with E-state index in [1.54, 1.807) is 4.90 Å². The molecule has 1 aliphatic heterocycles. The molecular formula is C11H21NO2Si. The third-order valence-electron chi connectivity index (χ3n) is 2.47. The SMILES string of the molecule is CCCCN1CC=C([Si](C)(C)C)OC1=O. The fraction of sp³-hybridized carbons (Fsp3) is 0.727. The molecule has 0 N–H and O–H groups in total. The molecule has 0 aromatic rings. The summed E-state index contributed by atoms with van der Waals surface area (Å²) in [6.07, 6.45) is 4.06. The molecule has 1 heterocycles. The molecule has 0 bridgehead atoms. The second kappa shape index (κ2) is 4.83. The number of rotatable bonds is 4. The van der Waals surface area contributed by atoms with Gasteiger partial charge in [-0.05, 0) is 12.5 Å². The van der Waals surface area contributed by atoms with Gasteiger partial charge in [-0.15, -0.1) is 0 Å². The summed E-state index contributed by atoms with van der Waals surface area (Å²) < 4.78 is 5.37. The van der Waals surface area contributed by atoms with Crippen LogP contribution < -0.4 is 0 Å². The second-order valence-electron chi connectivity index (χ2n) is 4.99. The van der Waals surface area contributed by atoms with Crippen LogP contribution in [0.2, 0.25) is 19.6 Å². The van der Waals surface area contributed by atoms with Crippen molar-refractivity contribution >= 4 is 14.2 Å². The van der Waals surface area contributed by atoms with E-state index in [-0.39, 0.29) is 6.09 Å². The molecule has 0 atom stereocenters. The molecule has 1 aliphatic rings. The minimum Gasteiger partial charge on any atom is -0.420 e. The van der Waals surface area contributed by atoms with E-state index in [4.69, 9.17) is 4.74 Å². The summed E-state index contributed by atoms with van der Waals surface area (Å²) in [5.41, 5.74) is 0. The van der Waals surface area contributed by atoms with Crippen LogP contribution in [0.5, 0.6) is 0 Å². The van der Waals surface area contributed by atoms with E-state index >= 15 is 0 Å². The summed E-state index contributed by atoms with van der Waals surface area (Å²) in [7, 11) is -1.47. The highest BCUT2D eigenvalue weighted by atomic mass is 28.3. The first-order valence-electron chi connectivity index (χ1n) is 5.62. The lowest BCUT2D eigenvalue weighted by atomic mass is 10.3. The number of ether oxygens (including phenoxy) is 1. The molecule has 0 unspecified atom stereocenters. The van der Waals surface area contributed by atoms with Crippen LogP contribution in [-0.4, -0.2) is 32.2 Å². The Bertz CT molecular complexity index is 268. The van der Waals surface area contributed by atoms with Crippen LogP contribution in [0.15, 0.2) is 11.5 Å². The van der Waals surface area contributed by atoms with Crippen LogP contribution in [0.4, 0.5) is 4.79 Å². The van der Waals surface area contributed by atoms with E-state index in [9.17, 15) is 4.79 Å². The van der Waals surface area contributed by atoms with Crippen molar-refractivity contribution in [2.24, 2.45) is 0 Å². The van der Waals surface area contributed by atoms with Gasteiger partial charge in [0, 0.05) is 13.1 Å². The molecule has 0 saturated heterocycles. The van der Waals surface area contributed by atoms with Crippen LogP contribution in [0.1, 0.15) is 19.8 Å². The summed E-state index contributed by atoms with van der Waals surface area (Å²) in [4.78, 5) is 13.4. The number of carbonyl (C=O) groups is 1. The predicted molar refractivity (Wildman–Crippen MR) is 64.4 cm³/mol. The normalized spacial score (nSPS) is 17.5. The lowest BCUT2D eigenvalue weighted by molar-refractivity contribution is 0.128. The quantitative estimate of drug-likeness (QED) is 0.691. The molecule has 4 heteroatoms. The maximum atomic E-state index is 11.6. The average molecular weight is 227 g/mol. The van der Waals surface area contributed by atoms with E-state index < -0.39 is 8.07 Å².